The Morgan fingerprint density at radius 1 is 0.958 bits per heavy atom. The van der Waals surface area contributed by atoms with Gasteiger partial charge in [-0.3, -0.25) is 0 Å². The van der Waals surface area contributed by atoms with Crippen molar-refractivity contribution in [1.82, 2.24) is 19.7 Å². The number of aromatic nitrogens is 4. The fourth-order valence-electron chi connectivity index (χ4n) is 2.49. The Hall–Kier alpha value is -2.73. The molecule has 0 amide bonds. The molecule has 0 unspecified atom stereocenters. The summed E-state index contributed by atoms with van der Waals surface area (Å²) in [4.78, 5) is 8.76. The van der Waals surface area contributed by atoms with E-state index in [2.05, 4.69) is 55.4 Å². The van der Waals surface area contributed by atoms with E-state index >= 15 is 0 Å². The van der Waals surface area contributed by atoms with Crippen molar-refractivity contribution in [3.8, 4) is 5.69 Å². The molecule has 0 aliphatic rings. The van der Waals surface area contributed by atoms with Crippen LogP contribution in [0.15, 0.2) is 65.5 Å². The van der Waals surface area contributed by atoms with E-state index in [1.165, 1.54) is 5.56 Å². The quantitative estimate of drug-likeness (QED) is 0.563. The van der Waals surface area contributed by atoms with Crippen molar-refractivity contribution < 1.29 is 0 Å². The highest BCUT2D eigenvalue weighted by molar-refractivity contribution is 9.10. The fraction of sp³-hybridized carbons (Fsp3) is 0.0556. The minimum atomic E-state index is 0.737. The first kappa shape index (κ1) is 14.8. The third-order valence-corrected chi connectivity index (χ3v) is 4.28. The van der Waals surface area contributed by atoms with Crippen LogP contribution < -0.4 is 5.32 Å². The summed E-state index contributed by atoms with van der Waals surface area (Å²) in [6.45, 7) is 2.06. The van der Waals surface area contributed by atoms with Crippen LogP contribution >= 0.6 is 15.9 Å². The molecule has 6 heteroatoms. The van der Waals surface area contributed by atoms with Gasteiger partial charge in [-0.2, -0.15) is 5.10 Å². The Morgan fingerprint density at radius 3 is 2.46 bits per heavy atom. The first-order chi connectivity index (χ1) is 11.7. The van der Waals surface area contributed by atoms with E-state index in [4.69, 9.17) is 0 Å². The molecule has 5 nitrogen and oxygen atoms in total. The highest BCUT2D eigenvalue weighted by atomic mass is 79.9. The Kier molecular flexibility index (Phi) is 3.74. The van der Waals surface area contributed by atoms with Crippen molar-refractivity contribution in [3.05, 3.63) is 71.1 Å². The van der Waals surface area contributed by atoms with Crippen LogP contribution in [0.4, 0.5) is 11.5 Å². The van der Waals surface area contributed by atoms with E-state index in [0.717, 1.165) is 32.7 Å². The zero-order valence-electron chi connectivity index (χ0n) is 12.9. The predicted octanol–water partition coefficient (Wildman–Crippen LogP) is 4.63. The maximum absolute atomic E-state index is 4.48. The van der Waals surface area contributed by atoms with Gasteiger partial charge in [-0.1, -0.05) is 33.6 Å². The Balaban J connectivity index is 1.76. The number of hydrogen-bond acceptors (Lipinski definition) is 4. The smallest absolute Gasteiger partial charge is 0.168 e. The molecule has 0 fully saturated rings. The fourth-order valence-corrected chi connectivity index (χ4v) is 2.75. The molecular weight excluding hydrogens is 366 g/mol. The normalized spacial score (nSPS) is 10.9. The average molecular weight is 380 g/mol. The van der Waals surface area contributed by atoms with Crippen molar-refractivity contribution in [2.75, 3.05) is 5.32 Å². The predicted molar refractivity (Wildman–Crippen MR) is 98.8 cm³/mol. The van der Waals surface area contributed by atoms with Gasteiger partial charge in [0.15, 0.2) is 5.65 Å². The molecule has 4 rings (SSSR count). The molecule has 2 aromatic heterocycles. The van der Waals surface area contributed by atoms with Gasteiger partial charge < -0.3 is 5.32 Å². The topological polar surface area (TPSA) is 55.6 Å². The zero-order chi connectivity index (χ0) is 16.5. The third-order valence-electron chi connectivity index (χ3n) is 3.75. The molecule has 0 saturated heterocycles. The number of nitrogens with zero attached hydrogens (tertiary/aromatic N) is 4. The van der Waals surface area contributed by atoms with Gasteiger partial charge >= 0.3 is 0 Å². The highest BCUT2D eigenvalue weighted by Crippen LogP contribution is 2.25. The van der Waals surface area contributed by atoms with Crippen LogP contribution in [-0.4, -0.2) is 19.7 Å². The molecular formula is C18H14BrN5. The van der Waals surface area contributed by atoms with Gasteiger partial charge in [0, 0.05) is 10.2 Å². The summed E-state index contributed by atoms with van der Waals surface area (Å²) in [6.07, 6.45) is 3.34. The Bertz CT molecular complexity index is 990. The number of halogens is 1. The second-order valence-electron chi connectivity index (χ2n) is 5.48. The van der Waals surface area contributed by atoms with Gasteiger partial charge in [0.05, 0.1) is 17.3 Å². The molecule has 2 heterocycles. The van der Waals surface area contributed by atoms with Gasteiger partial charge in [-0.25, -0.2) is 14.6 Å². The van der Waals surface area contributed by atoms with Gasteiger partial charge in [-0.15, -0.1) is 0 Å². The van der Waals surface area contributed by atoms with E-state index < -0.39 is 0 Å². The van der Waals surface area contributed by atoms with E-state index in [-0.39, 0.29) is 0 Å². The van der Waals surface area contributed by atoms with Gasteiger partial charge in [-0.05, 0) is 43.3 Å². The molecule has 0 aliphatic heterocycles. The summed E-state index contributed by atoms with van der Waals surface area (Å²) in [5, 5.41) is 8.68. The minimum Gasteiger partial charge on any atom is -0.340 e. The number of aryl methyl sites for hydroxylation is 1. The van der Waals surface area contributed by atoms with Crippen LogP contribution in [0, 0.1) is 6.92 Å². The molecule has 0 bridgehead atoms. The van der Waals surface area contributed by atoms with Crippen LogP contribution in [0.25, 0.3) is 16.7 Å². The monoisotopic (exact) mass is 379 g/mol. The second kappa shape index (κ2) is 6.05. The second-order valence-corrected chi connectivity index (χ2v) is 6.40. The first-order valence-electron chi connectivity index (χ1n) is 7.49. The zero-order valence-corrected chi connectivity index (χ0v) is 14.5. The standard InChI is InChI=1S/C18H14BrN5/c1-12-2-8-15(9-3-12)24-18-16(10-22-24)17(20-11-21-18)23-14-6-4-13(19)5-7-14/h2-11H,1H3,(H,20,21,23). The molecule has 0 aliphatic carbocycles. The van der Waals surface area contributed by atoms with Crippen molar-refractivity contribution in [2.24, 2.45) is 0 Å². The molecule has 0 atom stereocenters. The Labute approximate surface area is 147 Å². The molecule has 118 valence electrons. The van der Waals surface area contributed by atoms with Crippen LogP contribution in [0.2, 0.25) is 0 Å². The SMILES string of the molecule is Cc1ccc(-n2ncc3c(Nc4ccc(Br)cc4)ncnc32)cc1. The lowest BCUT2D eigenvalue weighted by Gasteiger charge is -2.07. The van der Waals surface area contributed by atoms with Gasteiger partial charge in [0.25, 0.3) is 0 Å². The maximum atomic E-state index is 4.48. The summed E-state index contributed by atoms with van der Waals surface area (Å²) < 4.78 is 2.86. The molecule has 0 saturated carbocycles. The minimum absolute atomic E-state index is 0.737. The largest absolute Gasteiger partial charge is 0.340 e. The van der Waals surface area contributed by atoms with Crippen molar-refractivity contribution >= 4 is 38.5 Å². The number of anilines is 2. The summed E-state index contributed by atoms with van der Waals surface area (Å²) in [7, 11) is 0. The summed E-state index contributed by atoms with van der Waals surface area (Å²) >= 11 is 3.44. The van der Waals surface area contributed by atoms with E-state index in [1.54, 1.807) is 12.5 Å². The van der Waals surface area contributed by atoms with Crippen LogP contribution in [-0.2, 0) is 0 Å². The number of benzene rings is 2. The summed E-state index contributed by atoms with van der Waals surface area (Å²) in [5.41, 5.74) is 3.92. The van der Waals surface area contributed by atoms with Crippen molar-refractivity contribution in [2.45, 2.75) is 6.92 Å². The van der Waals surface area contributed by atoms with Crippen LogP contribution in [0.1, 0.15) is 5.56 Å². The molecule has 0 radical (unpaired) electrons. The molecule has 0 spiro atoms. The van der Waals surface area contributed by atoms with Crippen LogP contribution in [0.5, 0.6) is 0 Å². The van der Waals surface area contributed by atoms with Gasteiger partial charge in [0.1, 0.15) is 12.1 Å². The summed E-state index contributed by atoms with van der Waals surface area (Å²) in [5.74, 6) is 0.737. The average Bonchev–Trinajstić information content (AvgIpc) is 3.03. The van der Waals surface area contributed by atoms with Crippen molar-refractivity contribution in [3.63, 3.8) is 0 Å². The molecule has 1 N–H and O–H groups in total. The number of nitrogens with one attached hydrogen (secondary N) is 1. The van der Waals surface area contributed by atoms with Gasteiger partial charge in [0.2, 0.25) is 0 Å². The Morgan fingerprint density at radius 2 is 1.71 bits per heavy atom. The lowest BCUT2D eigenvalue weighted by atomic mass is 10.2. The van der Waals surface area contributed by atoms with Crippen LogP contribution in [0.3, 0.4) is 0 Å². The lowest BCUT2D eigenvalue weighted by Crippen LogP contribution is -1.99. The van der Waals surface area contributed by atoms with E-state index in [0.29, 0.717) is 0 Å². The molecule has 24 heavy (non-hydrogen) atoms. The first-order valence-corrected chi connectivity index (χ1v) is 8.28. The molecule has 4 aromatic rings. The number of fused-ring (bicyclic) bond motifs is 1. The summed E-state index contributed by atoms with van der Waals surface area (Å²) in [6, 6.07) is 16.1. The van der Waals surface area contributed by atoms with E-state index in [1.807, 2.05) is 41.1 Å². The highest BCUT2D eigenvalue weighted by Gasteiger charge is 2.11. The molecule has 2 aromatic carbocycles. The number of hydrogen-bond donors (Lipinski definition) is 1. The number of rotatable bonds is 3. The van der Waals surface area contributed by atoms with E-state index in [9.17, 15) is 0 Å². The lowest BCUT2D eigenvalue weighted by molar-refractivity contribution is 0.894. The maximum Gasteiger partial charge on any atom is 0.168 e. The third kappa shape index (κ3) is 2.76. The van der Waals surface area contributed by atoms with Crippen molar-refractivity contribution in [1.29, 1.82) is 0 Å².